The number of hydrogen-bond donors (Lipinski definition) is 1. The minimum absolute atomic E-state index is 0.0614. The molecule has 1 fully saturated rings. The van der Waals surface area contributed by atoms with Gasteiger partial charge in [-0.2, -0.15) is 13.2 Å². The molecule has 0 aliphatic carbocycles. The van der Waals surface area contributed by atoms with Gasteiger partial charge in [0.2, 0.25) is 5.91 Å². The molecule has 1 amide bonds. The molecule has 3 aromatic rings. The van der Waals surface area contributed by atoms with Crippen LogP contribution < -0.4 is 10.2 Å². The Labute approximate surface area is 195 Å². The Bertz CT molecular complexity index is 1180. The number of amides is 1. The first-order chi connectivity index (χ1) is 16.2. The van der Waals surface area contributed by atoms with Crippen LogP contribution in [0.15, 0.2) is 48.7 Å². The lowest BCUT2D eigenvalue weighted by Crippen LogP contribution is -2.49. The van der Waals surface area contributed by atoms with Gasteiger partial charge in [-0.25, -0.2) is 15.0 Å². The van der Waals surface area contributed by atoms with E-state index in [0.29, 0.717) is 49.2 Å². The molecular formula is C24H25F3N6O. The van der Waals surface area contributed by atoms with Crippen LogP contribution in [0.4, 0.5) is 30.6 Å². The Balaban J connectivity index is 1.38. The highest BCUT2D eigenvalue weighted by Crippen LogP contribution is 2.29. The summed E-state index contributed by atoms with van der Waals surface area (Å²) in [5.74, 6) is 2.48. The summed E-state index contributed by atoms with van der Waals surface area (Å²) in [5, 5.41) is 3.20. The molecule has 0 spiro atoms. The van der Waals surface area contributed by atoms with Gasteiger partial charge in [0.25, 0.3) is 0 Å². The van der Waals surface area contributed by atoms with Crippen LogP contribution in [-0.4, -0.2) is 51.9 Å². The lowest BCUT2D eigenvalue weighted by atomic mass is 10.1. The molecule has 0 atom stereocenters. The van der Waals surface area contributed by atoms with Gasteiger partial charge in [0.05, 0.1) is 12.0 Å². The number of piperazine rings is 1. The third-order valence-electron chi connectivity index (χ3n) is 5.56. The molecule has 178 valence electrons. The first-order valence-electron chi connectivity index (χ1n) is 10.9. The molecule has 4 rings (SSSR count). The van der Waals surface area contributed by atoms with Crippen molar-refractivity contribution in [1.29, 1.82) is 0 Å². The SMILES string of the molecule is Cc1ccnc(Nc2cc(N3CCN(C(=O)Cc4cccc(C(F)(F)F)c4)CC3)nc(C)n2)c1. The standard InChI is InChI=1S/C24H25F3N6O/c1-16-6-7-28-20(12-16)31-21-15-22(30-17(2)29-21)32-8-10-33(11-9-32)23(34)14-18-4-3-5-19(13-18)24(25,26)27/h3-7,12-13,15H,8-11,14H2,1-2H3,(H,28,29,30,31). The van der Waals surface area contributed by atoms with Gasteiger partial charge in [-0.15, -0.1) is 0 Å². The number of alkyl halides is 3. The van der Waals surface area contributed by atoms with Gasteiger partial charge in [-0.05, 0) is 43.2 Å². The largest absolute Gasteiger partial charge is 0.416 e. The molecule has 1 saturated heterocycles. The number of halogens is 3. The Hall–Kier alpha value is -3.69. The average molecular weight is 470 g/mol. The van der Waals surface area contributed by atoms with Crippen LogP contribution in [0.1, 0.15) is 22.5 Å². The summed E-state index contributed by atoms with van der Waals surface area (Å²) < 4.78 is 38.8. The van der Waals surface area contributed by atoms with Gasteiger partial charge in [0.15, 0.2) is 0 Å². The summed E-state index contributed by atoms with van der Waals surface area (Å²) in [6, 6.07) is 10.6. The summed E-state index contributed by atoms with van der Waals surface area (Å²) in [7, 11) is 0. The van der Waals surface area contributed by atoms with Crippen molar-refractivity contribution in [2.24, 2.45) is 0 Å². The van der Waals surface area contributed by atoms with E-state index in [4.69, 9.17) is 0 Å². The van der Waals surface area contributed by atoms with E-state index in [1.54, 1.807) is 17.2 Å². The van der Waals surface area contributed by atoms with Gasteiger partial charge in [0.1, 0.15) is 23.3 Å². The monoisotopic (exact) mass is 470 g/mol. The van der Waals surface area contributed by atoms with Crippen LogP contribution >= 0.6 is 0 Å². The zero-order chi connectivity index (χ0) is 24.3. The zero-order valence-electron chi connectivity index (χ0n) is 18.9. The lowest BCUT2D eigenvalue weighted by Gasteiger charge is -2.35. The topological polar surface area (TPSA) is 74.2 Å². The van der Waals surface area contributed by atoms with E-state index in [1.165, 1.54) is 6.07 Å². The number of pyridine rings is 1. The van der Waals surface area contributed by atoms with E-state index >= 15 is 0 Å². The first kappa shape index (κ1) is 23.5. The fourth-order valence-electron chi connectivity index (χ4n) is 3.84. The quantitative estimate of drug-likeness (QED) is 0.604. The van der Waals surface area contributed by atoms with Crippen LogP contribution in [-0.2, 0) is 17.4 Å². The number of anilines is 3. The van der Waals surface area contributed by atoms with Crippen molar-refractivity contribution in [3.63, 3.8) is 0 Å². The number of nitrogens with zero attached hydrogens (tertiary/aromatic N) is 5. The summed E-state index contributed by atoms with van der Waals surface area (Å²) in [6.07, 6.45) is -2.76. The average Bonchev–Trinajstić information content (AvgIpc) is 2.78. The van der Waals surface area contributed by atoms with E-state index in [2.05, 4.69) is 25.2 Å². The Morgan fingerprint density at radius 3 is 2.47 bits per heavy atom. The molecule has 1 N–H and O–H groups in total. The highest BCUT2D eigenvalue weighted by Gasteiger charge is 2.31. The second-order valence-corrected chi connectivity index (χ2v) is 8.24. The second-order valence-electron chi connectivity index (χ2n) is 8.24. The molecule has 0 bridgehead atoms. The third kappa shape index (κ3) is 5.81. The van der Waals surface area contributed by atoms with Crippen molar-refractivity contribution in [2.45, 2.75) is 26.4 Å². The molecule has 1 aliphatic rings. The Morgan fingerprint density at radius 2 is 1.76 bits per heavy atom. The van der Waals surface area contributed by atoms with Gasteiger partial charge < -0.3 is 15.1 Å². The Morgan fingerprint density at radius 1 is 1.00 bits per heavy atom. The lowest BCUT2D eigenvalue weighted by molar-refractivity contribution is -0.138. The fourth-order valence-corrected chi connectivity index (χ4v) is 3.84. The molecule has 0 unspecified atom stereocenters. The summed E-state index contributed by atoms with van der Waals surface area (Å²) >= 11 is 0. The van der Waals surface area contributed by atoms with E-state index < -0.39 is 11.7 Å². The minimum Gasteiger partial charge on any atom is -0.353 e. The maximum atomic E-state index is 12.9. The highest BCUT2D eigenvalue weighted by molar-refractivity contribution is 5.79. The van der Waals surface area contributed by atoms with E-state index in [1.807, 2.05) is 32.0 Å². The molecule has 2 aromatic heterocycles. The van der Waals surface area contributed by atoms with Crippen LogP contribution in [0.2, 0.25) is 0 Å². The smallest absolute Gasteiger partial charge is 0.353 e. The van der Waals surface area contributed by atoms with Crippen LogP contribution in [0, 0.1) is 13.8 Å². The molecule has 3 heterocycles. The number of rotatable bonds is 5. The third-order valence-corrected chi connectivity index (χ3v) is 5.56. The molecule has 1 aliphatic heterocycles. The molecule has 0 radical (unpaired) electrons. The minimum atomic E-state index is -4.43. The van der Waals surface area contributed by atoms with Crippen molar-refractivity contribution in [3.05, 3.63) is 71.2 Å². The van der Waals surface area contributed by atoms with E-state index in [-0.39, 0.29) is 12.3 Å². The van der Waals surface area contributed by atoms with Crippen molar-refractivity contribution >= 4 is 23.4 Å². The number of benzene rings is 1. The van der Waals surface area contributed by atoms with Crippen molar-refractivity contribution in [2.75, 3.05) is 36.4 Å². The van der Waals surface area contributed by atoms with Crippen LogP contribution in [0.25, 0.3) is 0 Å². The number of hydrogen-bond acceptors (Lipinski definition) is 6. The molecule has 34 heavy (non-hydrogen) atoms. The van der Waals surface area contributed by atoms with Gasteiger partial charge >= 0.3 is 6.18 Å². The van der Waals surface area contributed by atoms with Crippen molar-refractivity contribution in [3.8, 4) is 0 Å². The van der Waals surface area contributed by atoms with E-state index in [9.17, 15) is 18.0 Å². The molecular weight excluding hydrogens is 445 g/mol. The number of aromatic nitrogens is 3. The molecule has 10 heteroatoms. The van der Waals surface area contributed by atoms with Crippen LogP contribution in [0.3, 0.4) is 0 Å². The fraction of sp³-hybridized carbons (Fsp3) is 0.333. The molecule has 0 saturated carbocycles. The number of carbonyl (C=O) groups is 1. The first-order valence-corrected chi connectivity index (χ1v) is 10.9. The van der Waals surface area contributed by atoms with Gasteiger partial charge in [0, 0.05) is 38.4 Å². The highest BCUT2D eigenvalue weighted by atomic mass is 19.4. The molecule has 1 aromatic carbocycles. The normalized spacial score (nSPS) is 14.3. The Kier molecular flexibility index (Phi) is 6.67. The summed E-state index contributed by atoms with van der Waals surface area (Å²) in [4.78, 5) is 29.7. The number of carbonyl (C=O) groups excluding carboxylic acids is 1. The summed E-state index contributed by atoms with van der Waals surface area (Å²) in [5.41, 5.74) is 0.690. The predicted molar refractivity (Wildman–Crippen MR) is 123 cm³/mol. The maximum Gasteiger partial charge on any atom is 0.416 e. The number of aryl methyl sites for hydroxylation is 2. The second kappa shape index (κ2) is 9.66. The maximum absolute atomic E-state index is 12.9. The summed E-state index contributed by atoms with van der Waals surface area (Å²) in [6.45, 7) is 5.84. The zero-order valence-corrected chi connectivity index (χ0v) is 18.9. The molecule has 7 nitrogen and oxygen atoms in total. The van der Waals surface area contributed by atoms with Gasteiger partial charge in [-0.3, -0.25) is 4.79 Å². The van der Waals surface area contributed by atoms with Crippen molar-refractivity contribution < 1.29 is 18.0 Å². The van der Waals surface area contributed by atoms with E-state index in [0.717, 1.165) is 23.5 Å². The van der Waals surface area contributed by atoms with Crippen molar-refractivity contribution in [1.82, 2.24) is 19.9 Å². The van der Waals surface area contributed by atoms with Crippen LogP contribution in [0.5, 0.6) is 0 Å². The number of nitrogens with one attached hydrogen (secondary N) is 1. The predicted octanol–water partition coefficient (Wildman–Crippen LogP) is 4.14. The van der Waals surface area contributed by atoms with Gasteiger partial charge in [-0.1, -0.05) is 18.2 Å².